The number of methoxy groups -OCH3 is 2. The minimum atomic E-state index is -0.292. The number of aryl methyl sites for hydroxylation is 1. The van der Waals surface area contributed by atoms with Crippen LogP contribution in [0.4, 0.5) is 9.52 Å². The van der Waals surface area contributed by atoms with Crippen LogP contribution in [0.15, 0.2) is 41.8 Å². The van der Waals surface area contributed by atoms with Crippen molar-refractivity contribution in [1.82, 2.24) is 4.98 Å². The fraction of sp³-hybridized carbons (Fsp3) is 0.261. The zero-order valence-corrected chi connectivity index (χ0v) is 18.6. The highest BCUT2D eigenvalue weighted by Gasteiger charge is 2.24. The number of thiazole rings is 1. The van der Waals surface area contributed by atoms with Crippen molar-refractivity contribution in [3.63, 3.8) is 0 Å². The number of terminal acetylenes is 1. The molecule has 2 aromatic carbocycles. The van der Waals surface area contributed by atoms with E-state index >= 15 is 0 Å². The Morgan fingerprint density at radius 2 is 2.00 bits per heavy atom. The predicted octanol–water partition coefficient (Wildman–Crippen LogP) is 5.75. The number of halogens is 2. The lowest BCUT2D eigenvalue weighted by atomic mass is 10.1. The Hall–Kier alpha value is -2.59. The van der Waals surface area contributed by atoms with Gasteiger partial charge in [0.05, 0.1) is 37.0 Å². The molecule has 1 heterocycles. The first-order chi connectivity index (χ1) is 14.5. The molecule has 1 atom stereocenters. The summed E-state index contributed by atoms with van der Waals surface area (Å²) in [6.07, 6.45) is 5.65. The maximum absolute atomic E-state index is 13.4. The first-order valence-electron chi connectivity index (χ1n) is 9.23. The zero-order chi connectivity index (χ0) is 21.7. The summed E-state index contributed by atoms with van der Waals surface area (Å²) in [5, 5.41) is 3.24. The van der Waals surface area contributed by atoms with Crippen molar-refractivity contribution in [1.29, 1.82) is 0 Å². The second kappa shape index (κ2) is 9.94. The number of rotatable bonds is 8. The fourth-order valence-electron chi connectivity index (χ4n) is 3.22. The van der Waals surface area contributed by atoms with Gasteiger partial charge in [-0.1, -0.05) is 29.7 Å². The van der Waals surface area contributed by atoms with Gasteiger partial charge >= 0.3 is 0 Å². The molecule has 4 nitrogen and oxygen atoms in total. The Bertz CT molecular complexity index is 1050. The molecule has 0 aliphatic carbocycles. The van der Waals surface area contributed by atoms with Crippen molar-refractivity contribution in [2.75, 3.05) is 32.3 Å². The summed E-state index contributed by atoms with van der Waals surface area (Å²) < 4.78 is 24.2. The van der Waals surface area contributed by atoms with Gasteiger partial charge in [0.2, 0.25) is 0 Å². The van der Waals surface area contributed by atoms with E-state index in [1.165, 1.54) is 23.5 Å². The lowest BCUT2D eigenvalue weighted by Gasteiger charge is -2.30. The van der Waals surface area contributed by atoms with Crippen molar-refractivity contribution < 1.29 is 13.9 Å². The van der Waals surface area contributed by atoms with Crippen LogP contribution < -0.4 is 9.64 Å². The first-order valence-corrected chi connectivity index (χ1v) is 10.5. The predicted molar refractivity (Wildman–Crippen MR) is 121 cm³/mol. The van der Waals surface area contributed by atoms with Crippen LogP contribution in [0, 0.1) is 25.1 Å². The fourth-order valence-corrected chi connectivity index (χ4v) is 4.34. The van der Waals surface area contributed by atoms with Crippen molar-refractivity contribution in [2.45, 2.75) is 13.0 Å². The normalized spacial score (nSPS) is 11.7. The highest BCUT2D eigenvalue weighted by atomic mass is 35.5. The van der Waals surface area contributed by atoms with Crippen LogP contribution in [0.2, 0.25) is 5.02 Å². The maximum Gasteiger partial charge on any atom is 0.187 e. The number of anilines is 1. The standard InChI is InChI=1S/C23H22ClFN2O2S/c1-5-10-27(21(13-28-3)16-6-8-17(25)9-7-16)23-26-20(14-30-23)18-11-15(2)22(29-4)12-19(18)24/h1,6-9,11-12,14,21H,10,13H2,2-4H3. The third-order valence-corrected chi connectivity index (χ3v) is 5.91. The average molecular weight is 445 g/mol. The van der Waals surface area contributed by atoms with Gasteiger partial charge in [-0.15, -0.1) is 17.8 Å². The molecule has 0 radical (unpaired) electrons. The minimum absolute atomic E-state index is 0.210. The molecular weight excluding hydrogens is 423 g/mol. The number of benzene rings is 2. The summed E-state index contributed by atoms with van der Waals surface area (Å²) in [5.41, 5.74) is 3.44. The van der Waals surface area contributed by atoms with E-state index in [1.54, 1.807) is 32.4 Å². The van der Waals surface area contributed by atoms with Crippen LogP contribution in [-0.4, -0.2) is 32.4 Å². The van der Waals surface area contributed by atoms with Gasteiger partial charge in [-0.05, 0) is 42.3 Å². The molecule has 0 aliphatic heterocycles. The van der Waals surface area contributed by atoms with E-state index in [0.717, 1.165) is 33.3 Å². The molecule has 156 valence electrons. The third-order valence-electron chi connectivity index (χ3n) is 4.72. The molecule has 3 aromatic rings. The molecule has 0 amide bonds. The average Bonchev–Trinajstić information content (AvgIpc) is 3.22. The molecule has 0 bridgehead atoms. The van der Waals surface area contributed by atoms with E-state index in [4.69, 9.17) is 32.5 Å². The third kappa shape index (κ3) is 4.76. The summed E-state index contributed by atoms with van der Waals surface area (Å²) in [6.45, 7) is 2.66. The van der Waals surface area contributed by atoms with E-state index in [0.29, 0.717) is 18.2 Å². The summed E-state index contributed by atoms with van der Waals surface area (Å²) >= 11 is 7.94. The highest BCUT2D eigenvalue weighted by molar-refractivity contribution is 7.14. The Kier molecular flexibility index (Phi) is 7.33. The SMILES string of the molecule is C#CCN(c1nc(-c2cc(C)c(OC)cc2Cl)cs1)C(COC)c1ccc(F)cc1. The summed E-state index contributed by atoms with van der Waals surface area (Å²) in [6, 6.07) is 9.87. The Morgan fingerprint density at radius 3 is 2.63 bits per heavy atom. The van der Waals surface area contributed by atoms with Gasteiger partial charge in [0.25, 0.3) is 0 Å². The van der Waals surface area contributed by atoms with Crippen LogP contribution in [0.1, 0.15) is 17.2 Å². The molecule has 0 saturated heterocycles. The summed E-state index contributed by atoms with van der Waals surface area (Å²) in [5.74, 6) is 3.13. The molecule has 0 aliphatic rings. The molecular formula is C23H22ClFN2O2S. The smallest absolute Gasteiger partial charge is 0.187 e. The van der Waals surface area contributed by atoms with Gasteiger partial charge in [0.1, 0.15) is 11.6 Å². The van der Waals surface area contributed by atoms with Crippen LogP contribution in [0.3, 0.4) is 0 Å². The van der Waals surface area contributed by atoms with E-state index in [2.05, 4.69) is 5.92 Å². The lowest BCUT2D eigenvalue weighted by molar-refractivity contribution is 0.178. The van der Waals surface area contributed by atoms with E-state index in [9.17, 15) is 4.39 Å². The van der Waals surface area contributed by atoms with Crippen LogP contribution in [0.5, 0.6) is 5.75 Å². The zero-order valence-electron chi connectivity index (χ0n) is 17.0. The van der Waals surface area contributed by atoms with Gasteiger partial charge in [0.15, 0.2) is 5.13 Å². The quantitative estimate of drug-likeness (QED) is 0.414. The lowest BCUT2D eigenvalue weighted by Crippen LogP contribution is -2.32. The second-order valence-corrected chi connectivity index (χ2v) is 7.92. The highest BCUT2D eigenvalue weighted by Crippen LogP contribution is 2.37. The van der Waals surface area contributed by atoms with Crippen LogP contribution >= 0.6 is 22.9 Å². The summed E-state index contributed by atoms with van der Waals surface area (Å²) in [4.78, 5) is 6.78. The molecule has 0 N–H and O–H groups in total. The van der Waals surface area contributed by atoms with Crippen LogP contribution in [-0.2, 0) is 4.74 Å². The maximum atomic E-state index is 13.4. The second-order valence-electron chi connectivity index (χ2n) is 6.67. The number of hydrogen-bond donors (Lipinski definition) is 0. The molecule has 1 aromatic heterocycles. The van der Waals surface area contributed by atoms with Gasteiger partial charge in [-0.25, -0.2) is 9.37 Å². The molecule has 3 rings (SSSR count). The minimum Gasteiger partial charge on any atom is -0.496 e. The van der Waals surface area contributed by atoms with Gasteiger partial charge in [-0.3, -0.25) is 0 Å². The van der Waals surface area contributed by atoms with Crippen molar-refractivity contribution >= 4 is 28.1 Å². The largest absolute Gasteiger partial charge is 0.496 e. The van der Waals surface area contributed by atoms with Gasteiger partial charge in [0, 0.05) is 18.1 Å². The van der Waals surface area contributed by atoms with E-state index in [-0.39, 0.29) is 11.9 Å². The van der Waals surface area contributed by atoms with Crippen LogP contribution in [0.25, 0.3) is 11.3 Å². The van der Waals surface area contributed by atoms with E-state index < -0.39 is 0 Å². The first kappa shape index (κ1) is 22.1. The monoisotopic (exact) mass is 444 g/mol. The van der Waals surface area contributed by atoms with Gasteiger partial charge < -0.3 is 14.4 Å². The molecule has 7 heteroatoms. The molecule has 30 heavy (non-hydrogen) atoms. The van der Waals surface area contributed by atoms with Crippen molar-refractivity contribution in [2.24, 2.45) is 0 Å². The van der Waals surface area contributed by atoms with Crippen molar-refractivity contribution in [3.8, 4) is 29.4 Å². The summed E-state index contributed by atoms with van der Waals surface area (Å²) in [7, 11) is 3.24. The topological polar surface area (TPSA) is 34.6 Å². The number of aromatic nitrogens is 1. The Morgan fingerprint density at radius 1 is 1.27 bits per heavy atom. The van der Waals surface area contributed by atoms with Gasteiger partial charge in [-0.2, -0.15) is 0 Å². The Labute approximate surface area is 185 Å². The van der Waals surface area contributed by atoms with Crippen molar-refractivity contribution in [3.05, 3.63) is 63.7 Å². The number of ether oxygens (including phenoxy) is 2. The molecule has 0 saturated carbocycles. The van der Waals surface area contributed by atoms with E-state index in [1.807, 2.05) is 23.3 Å². The molecule has 0 fully saturated rings. The number of nitrogens with zero attached hydrogens (tertiary/aromatic N) is 2. The molecule has 0 spiro atoms. The number of hydrogen-bond acceptors (Lipinski definition) is 5. The molecule has 1 unspecified atom stereocenters. The Balaban J connectivity index is 1.99.